The predicted molar refractivity (Wildman–Crippen MR) is 103 cm³/mol. The Balaban J connectivity index is 1.90. The minimum absolute atomic E-state index is 0.402. The number of methoxy groups -OCH3 is 2. The van der Waals surface area contributed by atoms with Gasteiger partial charge in [0.05, 0.1) is 31.0 Å². The van der Waals surface area contributed by atoms with Crippen LogP contribution in [0.4, 0.5) is 11.6 Å². The zero-order chi connectivity index (χ0) is 19.0. The van der Waals surface area contributed by atoms with Crippen LogP contribution in [0.25, 0.3) is 16.6 Å². The summed E-state index contributed by atoms with van der Waals surface area (Å²) in [6.07, 6.45) is 1.92. The van der Waals surface area contributed by atoms with Crippen molar-refractivity contribution in [1.82, 2.24) is 14.4 Å². The van der Waals surface area contributed by atoms with Gasteiger partial charge in [0.15, 0.2) is 0 Å². The molecule has 0 radical (unpaired) electrons. The van der Waals surface area contributed by atoms with E-state index in [0.29, 0.717) is 17.0 Å². The Bertz CT molecular complexity index is 1170. The summed E-state index contributed by atoms with van der Waals surface area (Å²) < 4.78 is 12.0. The lowest BCUT2D eigenvalue weighted by molar-refractivity contribution is 0.0601. The van der Waals surface area contributed by atoms with Gasteiger partial charge in [0.25, 0.3) is 0 Å². The fourth-order valence-electron chi connectivity index (χ4n) is 2.99. The highest BCUT2D eigenvalue weighted by Crippen LogP contribution is 2.26. The highest BCUT2D eigenvalue weighted by Gasteiger charge is 2.14. The molecular formula is C20H18N4O3. The largest absolute Gasteiger partial charge is 0.497 e. The maximum atomic E-state index is 11.9. The molecule has 0 amide bonds. The normalized spacial score (nSPS) is 10.9. The molecule has 2 aromatic carbocycles. The van der Waals surface area contributed by atoms with Crippen LogP contribution in [0.3, 0.4) is 0 Å². The Kier molecular flexibility index (Phi) is 4.12. The van der Waals surface area contributed by atoms with Crippen molar-refractivity contribution >= 4 is 34.2 Å². The van der Waals surface area contributed by atoms with Crippen LogP contribution in [0.2, 0.25) is 0 Å². The van der Waals surface area contributed by atoms with Gasteiger partial charge >= 0.3 is 5.97 Å². The first kappa shape index (κ1) is 16.8. The molecule has 2 heterocycles. The van der Waals surface area contributed by atoms with Gasteiger partial charge in [-0.1, -0.05) is 6.07 Å². The lowest BCUT2D eigenvalue weighted by atomic mass is 10.1. The molecule has 0 aliphatic rings. The lowest BCUT2D eigenvalue weighted by Crippen LogP contribution is -2.04. The van der Waals surface area contributed by atoms with Gasteiger partial charge < -0.3 is 14.8 Å². The third kappa shape index (κ3) is 3.03. The molecule has 0 aliphatic carbocycles. The van der Waals surface area contributed by atoms with E-state index in [1.165, 1.54) is 7.11 Å². The molecule has 0 saturated carbocycles. The summed E-state index contributed by atoms with van der Waals surface area (Å²) in [5.74, 6) is 0.931. The first-order valence-electron chi connectivity index (χ1n) is 8.38. The summed E-state index contributed by atoms with van der Waals surface area (Å²) in [6.45, 7) is 1.93. The van der Waals surface area contributed by atoms with Gasteiger partial charge in [-0.2, -0.15) is 0 Å². The van der Waals surface area contributed by atoms with E-state index in [1.54, 1.807) is 19.2 Å². The Morgan fingerprint density at radius 2 is 1.96 bits per heavy atom. The Hall–Kier alpha value is -3.61. The molecule has 0 aliphatic heterocycles. The number of anilines is 2. The summed E-state index contributed by atoms with van der Waals surface area (Å²) in [5, 5.41) is 4.16. The maximum Gasteiger partial charge on any atom is 0.337 e. The summed E-state index contributed by atoms with van der Waals surface area (Å²) in [6, 6.07) is 12.8. The van der Waals surface area contributed by atoms with E-state index in [1.807, 2.05) is 47.9 Å². The quantitative estimate of drug-likeness (QED) is 0.558. The van der Waals surface area contributed by atoms with Crippen LogP contribution in [0, 0.1) is 6.92 Å². The number of hydrogen-bond acceptors (Lipinski definition) is 6. The predicted octanol–water partition coefficient (Wildman–Crippen LogP) is 3.73. The number of aromatic nitrogens is 3. The summed E-state index contributed by atoms with van der Waals surface area (Å²) in [5.41, 5.74) is 3.56. The number of rotatable bonds is 4. The molecule has 0 saturated heterocycles. The molecule has 1 N–H and O–H groups in total. The molecule has 0 bridgehead atoms. The summed E-state index contributed by atoms with van der Waals surface area (Å²) in [7, 11) is 2.98. The standard InChI is InChI=1S/C20H18N4O3/c1-12-11-24-18(21-12)16-8-7-13(19(25)27-3)9-17(16)23-20(24)22-14-5-4-6-15(10-14)26-2/h4-11H,1-3H3,(H,22,23). The van der Waals surface area contributed by atoms with Crippen LogP contribution in [0.5, 0.6) is 5.75 Å². The molecule has 2 aromatic heterocycles. The van der Waals surface area contributed by atoms with Crippen LogP contribution in [0.15, 0.2) is 48.7 Å². The number of hydrogen-bond donors (Lipinski definition) is 1. The van der Waals surface area contributed by atoms with Crippen LogP contribution < -0.4 is 10.1 Å². The van der Waals surface area contributed by atoms with Gasteiger partial charge in [0, 0.05) is 23.3 Å². The van der Waals surface area contributed by atoms with Gasteiger partial charge in [0.2, 0.25) is 5.95 Å². The van der Waals surface area contributed by atoms with Crippen molar-refractivity contribution < 1.29 is 14.3 Å². The molecule has 7 nitrogen and oxygen atoms in total. The minimum Gasteiger partial charge on any atom is -0.497 e. The Morgan fingerprint density at radius 3 is 2.74 bits per heavy atom. The van der Waals surface area contributed by atoms with Gasteiger partial charge in [-0.25, -0.2) is 14.8 Å². The number of carbonyl (C=O) groups excluding carboxylic acids is 1. The van der Waals surface area contributed by atoms with E-state index < -0.39 is 5.97 Å². The third-order valence-electron chi connectivity index (χ3n) is 4.27. The number of imidazole rings is 1. The number of nitrogens with zero attached hydrogens (tertiary/aromatic N) is 3. The molecule has 4 aromatic rings. The van der Waals surface area contributed by atoms with Gasteiger partial charge in [-0.05, 0) is 37.3 Å². The average molecular weight is 362 g/mol. The number of benzene rings is 2. The average Bonchev–Trinajstić information content (AvgIpc) is 3.09. The molecule has 0 spiro atoms. The highest BCUT2D eigenvalue weighted by atomic mass is 16.5. The third-order valence-corrected chi connectivity index (χ3v) is 4.27. The summed E-state index contributed by atoms with van der Waals surface area (Å²) >= 11 is 0. The van der Waals surface area contributed by atoms with Crippen molar-refractivity contribution in [2.24, 2.45) is 0 Å². The second kappa shape index (κ2) is 6.60. The molecule has 27 heavy (non-hydrogen) atoms. The van der Waals surface area contributed by atoms with Gasteiger partial charge in [-0.3, -0.25) is 4.40 Å². The van der Waals surface area contributed by atoms with E-state index in [-0.39, 0.29) is 0 Å². The molecular weight excluding hydrogens is 344 g/mol. The first-order valence-corrected chi connectivity index (χ1v) is 8.38. The highest BCUT2D eigenvalue weighted by molar-refractivity contribution is 5.99. The zero-order valence-electron chi connectivity index (χ0n) is 15.2. The molecule has 136 valence electrons. The number of aryl methyl sites for hydroxylation is 1. The fraction of sp³-hybridized carbons (Fsp3) is 0.150. The number of fused-ring (bicyclic) bond motifs is 3. The smallest absolute Gasteiger partial charge is 0.337 e. The second-order valence-corrected chi connectivity index (χ2v) is 6.09. The van der Waals surface area contributed by atoms with Gasteiger partial charge in [-0.15, -0.1) is 0 Å². The number of esters is 1. The molecule has 0 atom stereocenters. The van der Waals surface area contributed by atoms with Crippen LogP contribution in [0.1, 0.15) is 16.1 Å². The topological polar surface area (TPSA) is 77.8 Å². The summed E-state index contributed by atoms with van der Waals surface area (Å²) in [4.78, 5) is 21.2. The number of ether oxygens (including phenoxy) is 2. The number of carbonyl (C=O) groups is 1. The molecule has 7 heteroatoms. The van der Waals surface area contributed by atoms with Crippen LogP contribution >= 0.6 is 0 Å². The Morgan fingerprint density at radius 1 is 1.11 bits per heavy atom. The minimum atomic E-state index is -0.402. The van der Waals surface area contributed by atoms with Crippen molar-refractivity contribution in [3.05, 3.63) is 59.9 Å². The molecule has 0 unspecified atom stereocenters. The van der Waals surface area contributed by atoms with E-state index in [0.717, 1.165) is 28.2 Å². The van der Waals surface area contributed by atoms with Crippen molar-refractivity contribution in [1.29, 1.82) is 0 Å². The SMILES string of the molecule is COC(=O)c1ccc2c(c1)nc(Nc1cccc(OC)c1)n1cc(C)nc21. The van der Waals surface area contributed by atoms with E-state index >= 15 is 0 Å². The van der Waals surface area contributed by atoms with Crippen molar-refractivity contribution in [2.45, 2.75) is 6.92 Å². The maximum absolute atomic E-state index is 11.9. The van der Waals surface area contributed by atoms with E-state index in [2.05, 4.69) is 10.3 Å². The van der Waals surface area contributed by atoms with Crippen molar-refractivity contribution in [2.75, 3.05) is 19.5 Å². The Labute approximate surface area is 155 Å². The monoisotopic (exact) mass is 362 g/mol. The van der Waals surface area contributed by atoms with Gasteiger partial charge in [0.1, 0.15) is 11.4 Å². The first-order chi connectivity index (χ1) is 13.1. The van der Waals surface area contributed by atoms with Crippen molar-refractivity contribution in [3.63, 3.8) is 0 Å². The number of nitrogens with one attached hydrogen (secondary N) is 1. The van der Waals surface area contributed by atoms with E-state index in [9.17, 15) is 4.79 Å². The second-order valence-electron chi connectivity index (χ2n) is 6.09. The molecule has 4 rings (SSSR count). The fourth-order valence-corrected chi connectivity index (χ4v) is 2.99. The van der Waals surface area contributed by atoms with E-state index in [4.69, 9.17) is 14.5 Å². The van der Waals surface area contributed by atoms with Crippen LogP contribution in [-0.4, -0.2) is 34.6 Å². The zero-order valence-corrected chi connectivity index (χ0v) is 15.2. The van der Waals surface area contributed by atoms with Crippen LogP contribution in [-0.2, 0) is 4.74 Å². The molecule has 0 fully saturated rings. The van der Waals surface area contributed by atoms with Crippen molar-refractivity contribution in [3.8, 4) is 5.75 Å². The lowest BCUT2D eigenvalue weighted by Gasteiger charge is -2.11.